The van der Waals surface area contributed by atoms with E-state index in [1.54, 1.807) is 11.1 Å². The highest BCUT2D eigenvalue weighted by molar-refractivity contribution is 5.87. The number of nitrogens with zero attached hydrogens (tertiary/aromatic N) is 3. The normalized spacial score (nSPS) is 17.9. The van der Waals surface area contributed by atoms with Crippen molar-refractivity contribution in [3.05, 3.63) is 23.9 Å². The number of hydrogen-bond acceptors (Lipinski definition) is 4. The molecular weight excluding hydrogens is 318 g/mol. The first kappa shape index (κ1) is 19.2. The van der Waals surface area contributed by atoms with E-state index in [9.17, 15) is 9.59 Å². The summed E-state index contributed by atoms with van der Waals surface area (Å²) in [6.07, 6.45) is 5.92. The smallest absolute Gasteiger partial charge is 0.416 e. The van der Waals surface area contributed by atoms with Gasteiger partial charge in [0.05, 0.1) is 6.04 Å². The summed E-state index contributed by atoms with van der Waals surface area (Å²) in [4.78, 5) is 32.1. The average molecular weight is 347 g/mol. The second-order valence-corrected chi connectivity index (χ2v) is 7.40. The second-order valence-electron chi connectivity index (χ2n) is 7.40. The molecule has 0 aromatic carbocycles. The van der Waals surface area contributed by atoms with Crippen molar-refractivity contribution in [1.29, 1.82) is 0 Å². The van der Waals surface area contributed by atoms with E-state index in [4.69, 9.17) is 4.74 Å². The maximum absolute atomic E-state index is 12.7. The van der Waals surface area contributed by atoms with E-state index in [-0.39, 0.29) is 6.04 Å². The van der Waals surface area contributed by atoms with Gasteiger partial charge in [0, 0.05) is 24.8 Å². The number of amides is 2. The van der Waals surface area contributed by atoms with Crippen LogP contribution in [0.2, 0.25) is 0 Å². The summed E-state index contributed by atoms with van der Waals surface area (Å²) in [5.74, 6) is 0.595. The Balaban J connectivity index is 2.38. The lowest BCUT2D eigenvalue weighted by Gasteiger charge is -2.35. The van der Waals surface area contributed by atoms with Crippen molar-refractivity contribution in [2.24, 2.45) is 0 Å². The topological polar surface area (TPSA) is 62.7 Å². The van der Waals surface area contributed by atoms with Crippen LogP contribution in [0.5, 0.6) is 0 Å². The first-order chi connectivity index (χ1) is 11.9. The molecule has 1 fully saturated rings. The van der Waals surface area contributed by atoms with Crippen LogP contribution in [-0.4, -0.2) is 41.1 Å². The Morgan fingerprint density at radius 1 is 1.44 bits per heavy atom. The molecule has 25 heavy (non-hydrogen) atoms. The Morgan fingerprint density at radius 2 is 2.20 bits per heavy atom. The summed E-state index contributed by atoms with van der Waals surface area (Å²) >= 11 is 0. The van der Waals surface area contributed by atoms with Crippen LogP contribution in [0.1, 0.15) is 65.0 Å². The van der Waals surface area contributed by atoms with E-state index in [2.05, 4.69) is 4.98 Å². The molecule has 0 saturated carbocycles. The maximum Gasteiger partial charge on any atom is 0.416 e. The molecule has 0 aliphatic carbocycles. The van der Waals surface area contributed by atoms with Crippen LogP contribution in [0.3, 0.4) is 0 Å². The summed E-state index contributed by atoms with van der Waals surface area (Å²) in [5, 5.41) is 0. The van der Waals surface area contributed by atoms with Gasteiger partial charge in [-0.05, 0) is 52.5 Å². The number of piperidine rings is 1. The van der Waals surface area contributed by atoms with Gasteiger partial charge in [-0.3, -0.25) is 9.69 Å². The number of likely N-dealkylation sites (tertiary alicyclic amines) is 1. The van der Waals surface area contributed by atoms with Gasteiger partial charge in [-0.15, -0.1) is 0 Å². The Bertz CT molecular complexity index is 598. The molecule has 1 aromatic rings. The third-order valence-electron chi connectivity index (χ3n) is 4.17. The van der Waals surface area contributed by atoms with Crippen LogP contribution in [-0.2, 0) is 9.53 Å². The Hall–Kier alpha value is -2.11. The second kappa shape index (κ2) is 8.32. The minimum absolute atomic E-state index is 0.0447. The molecule has 0 spiro atoms. The van der Waals surface area contributed by atoms with Crippen LogP contribution in [0.15, 0.2) is 18.3 Å². The Morgan fingerprint density at radius 3 is 2.84 bits per heavy atom. The molecule has 1 saturated heterocycles. The molecule has 0 unspecified atom stereocenters. The summed E-state index contributed by atoms with van der Waals surface area (Å²) < 4.78 is 5.57. The van der Waals surface area contributed by atoms with Crippen LogP contribution < -0.4 is 4.90 Å². The summed E-state index contributed by atoms with van der Waals surface area (Å²) in [7, 11) is 0. The third-order valence-corrected chi connectivity index (χ3v) is 4.17. The number of anilines is 1. The predicted octanol–water partition coefficient (Wildman–Crippen LogP) is 3.92. The predicted molar refractivity (Wildman–Crippen MR) is 97.5 cm³/mol. The van der Waals surface area contributed by atoms with Crippen molar-refractivity contribution >= 4 is 18.3 Å². The molecular formula is C19H29N3O3. The fourth-order valence-corrected chi connectivity index (χ4v) is 3.13. The van der Waals surface area contributed by atoms with Crippen molar-refractivity contribution < 1.29 is 14.3 Å². The van der Waals surface area contributed by atoms with E-state index in [1.807, 2.05) is 44.7 Å². The number of hydrogen-bond donors (Lipinski definition) is 0. The number of carbonyl (C=O) groups excluding carboxylic acids is 2. The standard InChI is InChI=1S/C19H29N3O3/c1-5-12-22(18(24)25-19(2,3)4)17-15(9-8-11-20-17)16-10-6-7-13-21(16)14-23/h8-9,11,14,16H,5-7,10,12-13H2,1-4H3/t16-/m0/s1. The van der Waals surface area contributed by atoms with Crippen molar-refractivity contribution in [1.82, 2.24) is 9.88 Å². The minimum atomic E-state index is -0.572. The van der Waals surface area contributed by atoms with Gasteiger partial charge in [-0.2, -0.15) is 0 Å². The van der Waals surface area contributed by atoms with Gasteiger partial charge < -0.3 is 9.64 Å². The van der Waals surface area contributed by atoms with Crippen LogP contribution in [0, 0.1) is 0 Å². The first-order valence-corrected chi connectivity index (χ1v) is 9.04. The van der Waals surface area contributed by atoms with Gasteiger partial charge in [0.15, 0.2) is 0 Å². The highest BCUT2D eigenvalue weighted by Gasteiger charge is 2.30. The molecule has 6 nitrogen and oxygen atoms in total. The summed E-state index contributed by atoms with van der Waals surface area (Å²) in [6.45, 7) is 8.82. The van der Waals surface area contributed by atoms with Crippen LogP contribution >= 0.6 is 0 Å². The SMILES string of the molecule is CCCN(C(=O)OC(C)(C)C)c1ncccc1[C@@H]1CCCCN1C=O. The molecule has 0 radical (unpaired) electrons. The van der Waals surface area contributed by atoms with E-state index >= 15 is 0 Å². The van der Waals surface area contributed by atoms with E-state index in [0.717, 1.165) is 44.2 Å². The zero-order valence-corrected chi connectivity index (χ0v) is 15.7. The van der Waals surface area contributed by atoms with Crippen molar-refractivity contribution in [3.8, 4) is 0 Å². The number of rotatable bonds is 5. The van der Waals surface area contributed by atoms with Crippen molar-refractivity contribution in [2.75, 3.05) is 18.0 Å². The fraction of sp³-hybridized carbons (Fsp3) is 0.632. The number of pyridine rings is 1. The van der Waals surface area contributed by atoms with Gasteiger partial charge in [0.2, 0.25) is 6.41 Å². The monoisotopic (exact) mass is 347 g/mol. The molecule has 138 valence electrons. The van der Waals surface area contributed by atoms with Crippen LogP contribution in [0.4, 0.5) is 10.6 Å². The van der Waals surface area contributed by atoms with Gasteiger partial charge >= 0.3 is 6.09 Å². The minimum Gasteiger partial charge on any atom is -0.443 e. The largest absolute Gasteiger partial charge is 0.443 e. The van der Waals surface area contributed by atoms with E-state index < -0.39 is 11.7 Å². The molecule has 1 aromatic heterocycles. The quantitative estimate of drug-likeness (QED) is 0.758. The lowest BCUT2D eigenvalue weighted by molar-refractivity contribution is -0.121. The van der Waals surface area contributed by atoms with Crippen molar-refractivity contribution in [3.63, 3.8) is 0 Å². The third kappa shape index (κ3) is 4.94. The highest BCUT2D eigenvalue weighted by Crippen LogP contribution is 2.35. The molecule has 0 N–H and O–H groups in total. The van der Waals surface area contributed by atoms with Gasteiger partial charge in [-0.25, -0.2) is 9.78 Å². The molecule has 1 atom stereocenters. The maximum atomic E-state index is 12.7. The zero-order chi connectivity index (χ0) is 18.4. The van der Waals surface area contributed by atoms with Crippen molar-refractivity contribution in [2.45, 2.75) is 65.0 Å². The van der Waals surface area contributed by atoms with Gasteiger partial charge in [-0.1, -0.05) is 13.0 Å². The van der Waals surface area contributed by atoms with Gasteiger partial charge in [0.1, 0.15) is 11.4 Å². The van der Waals surface area contributed by atoms with E-state index in [1.165, 1.54) is 0 Å². The first-order valence-electron chi connectivity index (χ1n) is 9.04. The molecule has 2 heterocycles. The lowest BCUT2D eigenvalue weighted by Crippen LogP contribution is -2.40. The Labute approximate surface area is 150 Å². The summed E-state index contributed by atoms with van der Waals surface area (Å²) in [5.41, 5.74) is 0.339. The fourth-order valence-electron chi connectivity index (χ4n) is 3.13. The molecule has 6 heteroatoms. The number of ether oxygens (including phenoxy) is 1. The molecule has 0 bridgehead atoms. The highest BCUT2D eigenvalue weighted by atomic mass is 16.6. The lowest BCUT2D eigenvalue weighted by atomic mass is 9.96. The summed E-state index contributed by atoms with van der Waals surface area (Å²) in [6, 6.07) is 3.77. The Kier molecular flexibility index (Phi) is 6.39. The van der Waals surface area contributed by atoms with Gasteiger partial charge in [0.25, 0.3) is 0 Å². The molecule has 1 aliphatic heterocycles. The van der Waals surface area contributed by atoms with Crippen LogP contribution in [0.25, 0.3) is 0 Å². The molecule has 2 rings (SSSR count). The molecule has 2 amide bonds. The number of aromatic nitrogens is 1. The average Bonchev–Trinajstić information content (AvgIpc) is 2.58. The van der Waals surface area contributed by atoms with E-state index in [0.29, 0.717) is 12.4 Å². The molecule has 1 aliphatic rings. The number of carbonyl (C=O) groups is 2. The zero-order valence-electron chi connectivity index (χ0n) is 15.7.